The maximum Gasteiger partial charge on any atom is 0.212 e. The molecule has 1 aromatic heterocycles. The summed E-state index contributed by atoms with van der Waals surface area (Å²) in [6.45, 7) is 2.43. The van der Waals surface area contributed by atoms with E-state index in [2.05, 4.69) is 14.7 Å². The Morgan fingerprint density at radius 2 is 2.29 bits per heavy atom. The first-order valence-electron chi connectivity index (χ1n) is 5.78. The summed E-state index contributed by atoms with van der Waals surface area (Å²) in [6.07, 6.45) is 5.25. The van der Waals surface area contributed by atoms with Crippen molar-refractivity contribution in [3.8, 4) is 0 Å². The number of imidazole rings is 1. The molecule has 1 atom stereocenters. The van der Waals surface area contributed by atoms with Crippen molar-refractivity contribution in [2.45, 2.75) is 32.2 Å². The van der Waals surface area contributed by atoms with Gasteiger partial charge < -0.3 is 10.7 Å². The Labute approximate surface area is 102 Å². The molecule has 0 spiro atoms. The summed E-state index contributed by atoms with van der Waals surface area (Å²) in [5.74, 6) is 0.761. The van der Waals surface area contributed by atoms with Gasteiger partial charge in [-0.25, -0.2) is 18.1 Å². The van der Waals surface area contributed by atoms with Crippen LogP contribution in [0.3, 0.4) is 0 Å². The van der Waals surface area contributed by atoms with Gasteiger partial charge in [-0.15, -0.1) is 0 Å². The van der Waals surface area contributed by atoms with Crippen LogP contribution in [0.4, 0.5) is 0 Å². The number of aromatic nitrogens is 2. The zero-order chi connectivity index (χ0) is 12.7. The van der Waals surface area contributed by atoms with Gasteiger partial charge in [0.25, 0.3) is 0 Å². The maximum atomic E-state index is 11.8. The van der Waals surface area contributed by atoms with Gasteiger partial charge in [0.1, 0.15) is 5.82 Å². The molecular weight excluding hydrogens is 240 g/mol. The molecule has 1 rings (SSSR count). The molecule has 0 aliphatic heterocycles. The van der Waals surface area contributed by atoms with Crippen molar-refractivity contribution in [1.82, 2.24) is 14.7 Å². The number of sulfonamides is 1. The number of hydrogen-bond acceptors (Lipinski definition) is 4. The van der Waals surface area contributed by atoms with E-state index in [0.29, 0.717) is 25.2 Å². The molecule has 0 fully saturated rings. The molecule has 0 radical (unpaired) electrons. The molecule has 0 saturated carbocycles. The second kappa shape index (κ2) is 6.73. The maximum absolute atomic E-state index is 11.8. The number of nitrogens with one attached hydrogen (secondary N) is 2. The summed E-state index contributed by atoms with van der Waals surface area (Å²) in [7, 11) is -3.26. The SMILES string of the molecule is CCC(NS(=O)(=O)CCCCN)c1ncc[nH]1. The molecule has 98 valence electrons. The van der Waals surface area contributed by atoms with Crippen LogP contribution in [0.1, 0.15) is 38.1 Å². The van der Waals surface area contributed by atoms with Gasteiger partial charge in [0, 0.05) is 12.4 Å². The van der Waals surface area contributed by atoms with E-state index in [4.69, 9.17) is 5.73 Å². The lowest BCUT2D eigenvalue weighted by Crippen LogP contribution is -2.31. The Balaban J connectivity index is 2.56. The zero-order valence-corrected chi connectivity index (χ0v) is 10.8. The standard InChI is InChI=1S/C10H20N4O2S/c1-2-9(10-12-6-7-13-10)14-17(15,16)8-4-3-5-11/h6-7,9,14H,2-5,8,11H2,1H3,(H,12,13). The number of aromatic amines is 1. The number of nitrogens with two attached hydrogens (primary N) is 1. The molecule has 1 unspecified atom stereocenters. The van der Waals surface area contributed by atoms with Gasteiger partial charge in [0.2, 0.25) is 10.0 Å². The van der Waals surface area contributed by atoms with Crippen molar-refractivity contribution >= 4 is 10.0 Å². The minimum absolute atomic E-state index is 0.113. The minimum atomic E-state index is -3.26. The van der Waals surface area contributed by atoms with Crippen molar-refractivity contribution in [2.75, 3.05) is 12.3 Å². The second-order valence-electron chi connectivity index (χ2n) is 3.87. The van der Waals surface area contributed by atoms with Crippen LogP contribution in [-0.4, -0.2) is 30.7 Å². The van der Waals surface area contributed by atoms with Gasteiger partial charge in [-0.3, -0.25) is 0 Å². The van der Waals surface area contributed by atoms with Crippen LogP contribution in [0.25, 0.3) is 0 Å². The van der Waals surface area contributed by atoms with Gasteiger partial charge in [-0.1, -0.05) is 6.92 Å². The lowest BCUT2D eigenvalue weighted by atomic mass is 10.2. The van der Waals surface area contributed by atoms with Gasteiger partial charge in [0.05, 0.1) is 11.8 Å². The number of H-pyrrole nitrogens is 1. The Hall–Kier alpha value is -0.920. The van der Waals surface area contributed by atoms with E-state index in [9.17, 15) is 8.42 Å². The fourth-order valence-corrected chi connectivity index (χ4v) is 2.93. The highest BCUT2D eigenvalue weighted by Crippen LogP contribution is 2.13. The van der Waals surface area contributed by atoms with Crippen LogP contribution < -0.4 is 10.5 Å². The molecule has 17 heavy (non-hydrogen) atoms. The molecule has 6 nitrogen and oxygen atoms in total. The Kier molecular flexibility index (Phi) is 5.60. The summed E-state index contributed by atoms with van der Waals surface area (Å²) < 4.78 is 26.2. The lowest BCUT2D eigenvalue weighted by molar-refractivity contribution is 0.536. The van der Waals surface area contributed by atoms with E-state index in [1.165, 1.54) is 0 Å². The highest BCUT2D eigenvalue weighted by molar-refractivity contribution is 7.89. The van der Waals surface area contributed by atoms with Gasteiger partial charge in [0.15, 0.2) is 0 Å². The second-order valence-corrected chi connectivity index (χ2v) is 5.74. The first kappa shape index (κ1) is 14.1. The van der Waals surface area contributed by atoms with E-state index >= 15 is 0 Å². The fraction of sp³-hybridized carbons (Fsp3) is 0.700. The van der Waals surface area contributed by atoms with Gasteiger partial charge in [-0.05, 0) is 25.8 Å². The Bertz CT molecular complexity index is 402. The molecule has 0 aliphatic carbocycles. The normalized spacial score (nSPS) is 13.8. The number of hydrogen-bond donors (Lipinski definition) is 3. The molecule has 0 amide bonds. The summed E-state index contributed by atoms with van der Waals surface area (Å²) in [4.78, 5) is 6.99. The van der Waals surface area contributed by atoms with Crippen LogP contribution in [0.2, 0.25) is 0 Å². The molecule has 0 aliphatic rings. The highest BCUT2D eigenvalue weighted by atomic mass is 32.2. The smallest absolute Gasteiger partial charge is 0.212 e. The Morgan fingerprint density at radius 3 is 2.82 bits per heavy atom. The van der Waals surface area contributed by atoms with E-state index in [1.807, 2.05) is 6.92 Å². The van der Waals surface area contributed by atoms with Crippen LogP contribution in [0, 0.1) is 0 Å². The zero-order valence-electron chi connectivity index (χ0n) is 10.0. The van der Waals surface area contributed by atoms with Crippen LogP contribution >= 0.6 is 0 Å². The molecule has 0 saturated heterocycles. The average molecular weight is 260 g/mol. The van der Waals surface area contributed by atoms with Gasteiger partial charge >= 0.3 is 0 Å². The minimum Gasteiger partial charge on any atom is -0.347 e. The molecule has 1 heterocycles. The van der Waals surface area contributed by atoms with Gasteiger partial charge in [-0.2, -0.15) is 0 Å². The third-order valence-electron chi connectivity index (χ3n) is 2.45. The molecule has 7 heteroatoms. The van der Waals surface area contributed by atoms with Crippen molar-refractivity contribution in [1.29, 1.82) is 0 Å². The van der Waals surface area contributed by atoms with Crippen molar-refractivity contribution in [3.05, 3.63) is 18.2 Å². The van der Waals surface area contributed by atoms with E-state index in [1.54, 1.807) is 12.4 Å². The number of nitrogens with zero attached hydrogens (tertiary/aromatic N) is 1. The lowest BCUT2D eigenvalue weighted by Gasteiger charge is -2.14. The van der Waals surface area contributed by atoms with Crippen LogP contribution in [0.15, 0.2) is 12.4 Å². The predicted molar refractivity (Wildman–Crippen MR) is 66.8 cm³/mol. The van der Waals surface area contributed by atoms with Crippen LogP contribution in [0.5, 0.6) is 0 Å². The quantitative estimate of drug-likeness (QED) is 0.593. The first-order valence-corrected chi connectivity index (χ1v) is 7.43. The molecule has 0 bridgehead atoms. The highest BCUT2D eigenvalue weighted by Gasteiger charge is 2.19. The fourth-order valence-electron chi connectivity index (χ4n) is 1.51. The average Bonchev–Trinajstić information content (AvgIpc) is 2.79. The van der Waals surface area contributed by atoms with Crippen molar-refractivity contribution in [3.63, 3.8) is 0 Å². The molecule has 0 aromatic carbocycles. The summed E-state index contributed by atoms with van der Waals surface area (Å²) >= 11 is 0. The van der Waals surface area contributed by atoms with Crippen molar-refractivity contribution < 1.29 is 8.42 Å². The van der Waals surface area contributed by atoms with Crippen molar-refractivity contribution in [2.24, 2.45) is 5.73 Å². The van der Waals surface area contributed by atoms with Crippen LogP contribution in [-0.2, 0) is 10.0 Å². The first-order chi connectivity index (χ1) is 8.09. The topological polar surface area (TPSA) is 101 Å². The largest absolute Gasteiger partial charge is 0.347 e. The van der Waals surface area contributed by atoms with E-state index in [0.717, 1.165) is 6.42 Å². The summed E-state index contributed by atoms with van der Waals surface area (Å²) in [5.41, 5.74) is 5.33. The number of unbranched alkanes of at least 4 members (excludes halogenated alkanes) is 1. The Morgan fingerprint density at radius 1 is 1.53 bits per heavy atom. The third kappa shape index (κ3) is 4.84. The molecule has 4 N–H and O–H groups in total. The predicted octanol–water partition coefficient (Wildman–Crippen LogP) is 0.519. The monoisotopic (exact) mass is 260 g/mol. The summed E-state index contributed by atoms with van der Waals surface area (Å²) in [5, 5.41) is 0. The third-order valence-corrected chi connectivity index (χ3v) is 3.92. The molecular formula is C10H20N4O2S. The molecule has 1 aromatic rings. The summed E-state index contributed by atoms with van der Waals surface area (Å²) in [6, 6.07) is -0.284. The number of rotatable bonds is 8. The van der Waals surface area contributed by atoms with E-state index in [-0.39, 0.29) is 11.8 Å². The van der Waals surface area contributed by atoms with E-state index < -0.39 is 10.0 Å².